The van der Waals surface area contributed by atoms with Crippen LogP contribution in [0.2, 0.25) is 0 Å². The number of nitrogens with zero attached hydrogens (tertiary/aromatic N) is 2. The van der Waals surface area contributed by atoms with Gasteiger partial charge in [0.2, 0.25) is 10.0 Å². The molecule has 1 heterocycles. The van der Waals surface area contributed by atoms with E-state index in [1.807, 2.05) is 0 Å². The maximum absolute atomic E-state index is 12.9. The van der Waals surface area contributed by atoms with Crippen LogP contribution in [-0.4, -0.2) is 83.2 Å². The van der Waals surface area contributed by atoms with Crippen molar-refractivity contribution in [3.8, 4) is 0 Å². The lowest BCUT2D eigenvalue weighted by Gasteiger charge is -2.24. The molecule has 1 fully saturated rings. The largest absolute Gasteiger partial charge is 0.383 e. The summed E-state index contributed by atoms with van der Waals surface area (Å²) < 4.78 is 37.1. The SMILES string of the molecule is COCCN(CCOC)S(=O)(=O)c1ccc(C(=O)N2CCCC2CN)cc1. The summed E-state index contributed by atoms with van der Waals surface area (Å²) in [6, 6.07) is 6.13. The van der Waals surface area contributed by atoms with Crippen LogP contribution in [0, 0.1) is 0 Å². The van der Waals surface area contributed by atoms with Crippen molar-refractivity contribution in [2.24, 2.45) is 5.73 Å². The van der Waals surface area contributed by atoms with Gasteiger partial charge in [0.15, 0.2) is 0 Å². The van der Waals surface area contributed by atoms with Gasteiger partial charge in [0, 0.05) is 52.0 Å². The summed E-state index contributed by atoms with van der Waals surface area (Å²) in [6.07, 6.45) is 1.84. The van der Waals surface area contributed by atoms with E-state index in [4.69, 9.17) is 15.2 Å². The van der Waals surface area contributed by atoms with E-state index >= 15 is 0 Å². The first-order valence-electron chi connectivity index (χ1n) is 9.04. The van der Waals surface area contributed by atoms with Crippen molar-refractivity contribution in [2.75, 3.05) is 53.6 Å². The molecular formula is C18H29N3O5S. The lowest BCUT2D eigenvalue weighted by molar-refractivity contribution is 0.0741. The molecule has 1 amide bonds. The van der Waals surface area contributed by atoms with Crippen molar-refractivity contribution in [3.63, 3.8) is 0 Å². The van der Waals surface area contributed by atoms with Gasteiger partial charge in [-0.1, -0.05) is 0 Å². The molecule has 1 aromatic carbocycles. The average Bonchev–Trinajstić information content (AvgIpc) is 3.16. The molecule has 0 aliphatic carbocycles. The van der Waals surface area contributed by atoms with Crippen molar-refractivity contribution >= 4 is 15.9 Å². The monoisotopic (exact) mass is 399 g/mol. The quantitative estimate of drug-likeness (QED) is 0.616. The zero-order valence-electron chi connectivity index (χ0n) is 16.0. The van der Waals surface area contributed by atoms with Crippen LogP contribution in [0.4, 0.5) is 0 Å². The molecule has 0 bridgehead atoms. The third kappa shape index (κ3) is 5.26. The summed E-state index contributed by atoms with van der Waals surface area (Å²) in [7, 11) is -0.649. The van der Waals surface area contributed by atoms with Gasteiger partial charge in [0.25, 0.3) is 5.91 Å². The first-order valence-corrected chi connectivity index (χ1v) is 10.5. The molecule has 2 N–H and O–H groups in total. The predicted molar refractivity (Wildman–Crippen MR) is 102 cm³/mol. The summed E-state index contributed by atoms with van der Waals surface area (Å²) in [5, 5.41) is 0. The number of benzene rings is 1. The van der Waals surface area contributed by atoms with Crippen LogP contribution in [0.25, 0.3) is 0 Å². The summed E-state index contributed by atoms with van der Waals surface area (Å²) >= 11 is 0. The van der Waals surface area contributed by atoms with E-state index in [1.165, 1.54) is 30.7 Å². The van der Waals surface area contributed by atoms with E-state index in [0.717, 1.165) is 12.8 Å². The lowest BCUT2D eigenvalue weighted by atomic mass is 10.1. The molecule has 27 heavy (non-hydrogen) atoms. The number of sulfonamides is 1. The highest BCUT2D eigenvalue weighted by Gasteiger charge is 2.29. The predicted octanol–water partition coefficient (Wildman–Crippen LogP) is 0.533. The Bertz CT molecular complexity index is 700. The molecule has 8 nitrogen and oxygen atoms in total. The van der Waals surface area contributed by atoms with E-state index in [0.29, 0.717) is 18.7 Å². The lowest BCUT2D eigenvalue weighted by Crippen LogP contribution is -2.40. The number of ether oxygens (including phenoxy) is 2. The van der Waals surface area contributed by atoms with Crippen molar-refractivity contribution in [1.29, 1.82) is 0 Å². The van der Waals surface area contributed by atoms with Gasteiger partial charge in [-0.25, -0.2) is 8.42 Å². The molecule has 1 atom stereocenters. The van der Waals surface area contributed by atoms with Gasteiger partial charge in [-0.3, -0.25) is 4.79 Å². The number of hydrogen-bond donors (Lipinski definition) is 1. The van der Waals surface area contributed by atoms with Gasteiger partial charge in [-0.15, -0.1) is 0 Å². The molecule has 2 rings (SSSR count). The van der Waals surface area contributed by atoms with Crippen molar-refractivity contribution in [1.82, 2.24) is 9.21 Å². The molecule has 0 saturated carbocycles. The van der Waals surface area contributed by atoms with Gasteiger partial charge in [-0.2, -0.15) is 4.31 Å². The molecule has 1 aliphatic heterocycles. The number of rotatable bonds is 10. The molecule has 1 unspecified atom stereocenters. The Morgan fingerprint density at radius 2 is 1.78 bits per heavy atom. The number of carbonyl (C=O) groups is 1. The summed E-state index contributed by atoms with van der Waals surface area (Å²) in [6.45, 7) is 2.16. The maximum Gasteiger partial charge on any atom is 0.254 e. The van der Waals surface area contributed by atoms with Gasteiger partial charge in [0.1, 0.15) is 0 Å². The molecule has 0 radical (unpaired) electrons. The number of nitrogens with two attached hydrogens (primary N) is 1. The molecule has 0 aromatic heterocycles. The molecule has 1 saturated heterocycles. The van der Waals surface area contributed by atoms with Crippen LogP contribution in [0.1, 0.15) is 23.2 Å². The Hall–Kier alpha value is -1.52. The van der Waals surface area contributed by atoms with Crippen LogP contribution < -0.4 is 5.73 Å². The number of methoxy groups -OCH3 is 2. The molecule has 9 heteroatoms. The van der Waals surface area contributed by atoms with Gasteiger partial charge in [-0.05, 0) is 37.1 Å². The highest BCUT2D eigenvalue weighted by atomic mass is 32.2. The van der Waals surface area contributed by atoms with E-state index in [-0.39, 0.29) is 43.1 Å². The van der Waals surface area contributed by atoms with Gasteiger partial charge >= 0.3 is 0 Å². The summed E-state index contributed by atoms with van der Waals surface area (Å²) in [5.41, 5.74) is 6.20. The molecule has 1 aliphatic rings. The minimum absolute atomic E-state index is 0.0551. The number of carbonyl (C=O) groups excluding carboxylic acids is 1. The van der Waals surface area contributed by atoms with Crippen LogP contribution >= 0.6 is 0 Å². The van der Waals surface area contributed by atoms with Crippen molar-refractivity contribution in [3.05, 3.63) is 29.8 Å². The van der Waals surface area contributed by atoms with E-state index in [9.17, 15) is 13.2 Å². The fraction of sp³-hybridized carbons (Fsp3) is 0.611. The molecule has 152 valence electrons. The minimum atomic E-state index is -3.69. The molecule has 0 spiro atoms. The van der Waals surface area contributed by atoms with E-state index in [1.54, 1.807) is 17.0 Å². The Labute approximate surface area is 161 Å². The number of amides is 1. The van der Waals surface area contributed by atoms with E-state index < -0.39 is 10.0 Å². The number of likely N-dealkylation sites (tertiary alicyclic amines) is 1. The Kier molecular flexibility index (Phi) is 8.18. The van der Waals surface area contributed by atoms with E-state index in [2.05, 4.69) is 0 Å². The molecular weight excluding hydrogens is 370 g/mol. The van der Waals surface area contributed by atoms with Gasteiger partial charge < -0.3 is 20.1 Å². The standard InChI is InChI=1S/C18H29N3O5S/c1-25-12-10-20(11-13-26-2)27(23,24)17-7-5-15(6-8-17)18(22)21-9-3-4-16(21)14-19/h5-8,16H,3-4,9-14,19H2,1-2H3. The van der Waals surface area contributed by atoms with Crippen LogP contribution in [0.15, 0.2) is 29.2 Å². The van der Waals surface area contributed by atoms with Gasteiger partial charge in [0.05, 0.1) is 18.1 Å². The van der Waals surface area contributed by atoms with Crippen molar-refractivity contribution in [2.45, 2.75) is 23.8 Å². The maximum atomic E-state index is 12.9. The highest BCUT2D eigenvalue weighted by molar-refractivity contribution is 7.89. The first-order chi connectivity index (χ1) is 13.0. The molecule has 1 aromatic rings. The average molecular weight is 400 g/mol. The van der Waals surface area contributed by atoms with Crippen LogP contribution in [-0.2, 0) is 19.5 Å². The second kappa shape index (κ2) is 10.1. The first kappa shape index (κ1) is 21.8. The third-order valence-electron chi connectivity index (χ3n) is 4.74. The fourth-order valence-electron chi connectivity index (χ4n) is 3.17. The second-order valence-corrected chi connectivity index (χ2v) is 8.38. The van der Waals surface area contributed by atoms with Crippen molar-refractivity contribution < 1.29 is 22.7 Å². The zero-order chi connectivity index (χ0) is 19.9. The summed E-state index contributed by atoms with van der Waals surface area (Å²) in [4.78, 5) is 14.6. The minimum Gasteiger partial charge on any atom is -0.383 e. The summed E-state index contributed by atoms with van der Waals surface area (Å²) in [5.74, 6) is -0.109. The van der Waals surface area contributed by atoms with Crippen LogP contribution in [0.5, 0.6) is 0 Å². The smallest absolute Gasteiger partial charge is 0.254 e. The second-order valence-electron chi connectivity index (χ2n) is 6.44. The van der Waals surface area contributed by atoms with Crippen LogP contribution in [0.3, 0.4) is 0 Å². The Morgan fingerprint density at radius 3 is 2.30 bits per heavy atom. The topological polar surface area (TPSA) is 102 Å². The number of hydrogen-bond acceptors (Lipinski definition) is 6. The highest BCUT2D eigenvalue weighted by Crippen LogP contribution is 2.21. The Morgan fingerprint density at radius 1 is 1.19 bits per heavy atom. The third-order valence-corrected chi connectivity index (χ3v) is 6.65. The zero-order valence-corrected chi connectivity index (χ0v) is 16.8. The fourth-order valence-corrected chi connectivity index (χ4v) is 4.58. The Balaban J connectivity index is 2.17. The normalized spacial score (nSPS) is 17.6.